The van der Waals surface area contributed by atoms with E-state index in [0.29, 0.717) is 6.54 Å². The average Bonchev–Trinajstić information content (AvgIpc) is 2.36. The molecular formula is C14H20N2O3. The van der Waals surface area contributed by atoms with Crippen LogP contribution in [0.4, 0.5) is 0 Å². The van der Waals surface area contributed by atoms with Crippen molar-refractivity contribution in [3.8, 4) is 5.75 Å². The number of aromatic hydroxyl groups is 1. The maximum atomic E-state index is 11.9. The van der Waals surface area contributed by atoms with Crippen molar-refractivity contribution in [1.82, 2.24) is 10.2 Å². The molecule has 2 N–H and O–H groups in total. The standard InChI is InChI=1S/C14H20N2O3/c1-14(9-15-10-14)19-8-13(18)16(2)7-11-3-5-12(17)6-4-11/h3-6,15,17H,7-10H2,1-2H3. The van der Waals surface area contributed by atoms with Gasteiger partial charge >= 0.3 is 0 Å². The zero-order chi connectivity index (χ0) is 13.9. The molecule has 1 aromatic carbocycles. The van der Waals surface area contributed by atoms with E-state index < -0.39 is 0 Å². The van der Waals surface area contributed by atoms with Crippen molar-refractivity contribution in [2.45, 2.75) is 19.1 Å². The Morgan fingerprint density at radius 3 is 2.58 bits per heavy atom. The fraction of sp³-hybridized carbons (Fsp3) is 0.500. The van der Waals surface area contributed by atoms with Crippen molar-refractivity contribution < 1.29 is 14.6 Å². The summed E-state index contributed by atoms with van der Waals surface area (Å²) in [7, 11) is 1.75. The fourth-order valence-corrected chi connectivity index (χ4v) is 1.89. The van der Waals surface area contributed by atoms with Crippen molar-refractivity contribution in [3.63, 3.8) is 0 Å². The molecule has 1 fully saturated rings. The number of ether oxygens (including phenoxy) is 1. The Hall–Kier alpha value is -1.59. The Kier molecular flexibility index (Phi) is 4.07. The maximum Gasteiger partial charge on any atom is 0.248 e. The van der Waals surface area contributed by atoms with Gasteiger partial charge in [0, 0.05) is 26.7 Å². The van der Waals surface area contributed by atoms with Gasteiger partial charge in [-0.3, -0.25) is 4.79 Å². The Morgan fingerprint density at radius 1 is 1.42 bits per heavy atom. The molecule has 1 heterocycles. The second-order valence-corrected chi connectivity index (χ2v) is 5.26. The summed E-state index contributed by atoms with van der Waals surface area (Å²) in [6, 6.07) is 6.84. The first-order valence-electron chi connectivity index (χ1n) is 6.35. The molecule has 1 saturated heterocycles. The molecule has 0 saturated carbocycles. The first-order chi connectivity index (χ1) is 8.98. The number of nitrogens with one attached hydrogen (secondary N) is 1. The topological polar surface area (TPSA) is 61.8 Å². The third-order valence-corrected chi connectivity index (χ3v) is 3.32. The Bertz CT molecular complexity index is 441. The van der Waals surface area contributed by atoms with Crippen LogP contribution in [-0.4, -0.2) is 48.3 Å². The lowest BCUT2D eigenvalue weighted by molar-refractivity contribution is -0.145. The summed E-state index contributed by atoms with van der Waals surface area (Å²) in [5.41, 5.74) is 0.778. The second-order valence-electron chi connectivity index (χ2n) is 5.26. The summed E-state index contributed by atoms with van der Waals surface area (Å²) in [5, 5.41) is 12.3. The predicted molar refractivity (Wildman–Crippen MR) is 71.8 cm³/mol. The van der Waals surface area contributed by atoms with Crippen LogP contribution in [-0.2, 0) is 16.1 Å². The summed E-state index contributed by atoms with van der Waals surface area (Å²) in [5.74, 6) is 0.188. The van der Waals surface area contributed by atoms with Gasteiger partial charge in [-0.1, -0.05) is 12.1 Å². The summed E-state index contributed by atoms with van der Waals surface area (Å²) >= 11 is 0. The minimum Gasteiger partial charge on any atom is -0.508 e. The van der Waals surface area contributed by atoms with E-state index >= 15 is 0 Å². The third kappa shape index (κ3) is 3.68. The number of nitrogens with zero attached hydrogens (tertiary/aromatic N) is 1. The normalized spacial score (nSPS) is 16.7. The lowest BCUT2D eigenvalue weighted by Gasteiger charge is -2.39. The van der Waals surface area contributed by atoms with E-state index in [-0.39, 0.29) is 23.9 Å². The van der Waals surface area contributed by atoms with Crippen molar-refractivity contribution >= 4 is 5.91 Å². The number of phenols is 1. The number of carbonyl (C=O) groups excluding carboxylic acids is 1. The Labute approximate surface area is 113 Å². The van der Waals surface area contributed by atoms with Gasteiger partial charge in [0.1, 0.15) is 12.4 Å². The van der Waals surface area contributed by atoms with Crippen LogP contribution < -0.4 is 5.32 Å². The summed E-state index contributed by atoms with van der Waals surface area (Å²) < 4.78 is 5.61. The molecule has 0 spiro atoms. The number of likely N-dealkylation sites (N-methyl/N-ethyl adjacent to an activating group) is 1. The molecule has 0 aromatic heterocycles. The predicted octanol–water partition coefficient (Wildman–Crippen LogP) is 0.729. The van der Waals surface area contributed by atoms with E-state index in [9.17, 15) is 9.90 Å². The first kappa shape index (κ1) is 13.8. The van der Waals surface area contributed by atoms with Gasteiger partial charge in [-0.05, 0) is 24.6 Å². The molecule has 0 aliphatic carbocycles. The molecule has 0 bridgehead atoms. The highest BCUT2D eigenvalue weighted by Gasteiger charge is 2.33. The monoisotopic (exact) mass is 264 g/mol. The van der Waals surface area contributed by atoms with E-state index in [4.69, 9.17) is 4.74 Å². The minimum absolute atomic E-state index is 0.0406. The Morgan fingerprint density at radius 2 is 2.05 bits per heavy atom. The lowest BCUT2D eigenvalue weighted by atomic mass is 10.0. The maximum absolute atomic E-state index is 11.9. The SMILES string of the molecule is CN(Cc1ccc(O)cc1)C(=O)COC1(C)CNC1. The molecule has 0 atom stereocenters. The zero-order valence-corrected chi connectivity index (χ0v) is 11.3. The number of phenolic OH excluding ortho intramolecular Hbond substituents is 1. The van der Waals surface area contributed by atoms with E-state index in [2.05, 4.69) is 5.32 Å². The lowest BCUT2D eigenvalue weighted by Crippen LogP contribution is -2.59. The van der Waals surface area contributed by atoms with Gasteiger partial charge in [-0.15, -0.1) is 0 Å². The van der Waals surface area contributed by atoms with E-state index in [1.807, 2.05) is 6.92 Å². The highest BCUT2D eigenvalue weighted by atomic mass is 16.5. The van der Waals surface area contributed by atoms with Crippen molar-refractivity contribution in [1.29, 1.82) is 0 Å². The molecule has 5 nitrogen and oxygen atoms in total. The second kappa shape index (κ2) is 5.59. The molecule has 0 radical (unpaired) electrons. The highest BCUT2D eigenvalue weighted by Crippen LogP contribution is 2.15. The van der Waals surface area contributed by atoms with Gasteiger partial charge in [-0.2, -0.15) is 0 Å². The van der Waals surface area contributed by atoms with Crippen LogP contribution in [0.15, 0.2) is 24.3 Å². The van der Waals surface area contributed by atoms with Gasteiger partial charge < -0.3 is 20.1 Å². The quantitative estimate of drug-likeness (QED) is 0.823. The van der Waals surface area contributed by atoms with Crippen LogP contribution in [0.25, 0.3) is 0 Å². The van der Waals surface area contributed by atoms with Crippen LogP contribution in [0.5, 0.6) is 5.75 Å². The van der Waals surface area contributed by atoms with E-state index in [1.165, 1.54) is 0 Å². The third-order valence-electron chi connectivity index (χ3n) is 3.32. The summed E-state index contributed by atoms with van der Waals surface area (Å²) in [4.78, 5) is 13.6. The molecule has 5 heteroatoms. The molecule has 1 aromatic rings. The average molecular weight is 264 g/mol. The van der Waals surface area contributed by atoms with Crippen LogP contribution in [0.3, 0.4) is 0 Å². The molecular weight excluding hydrogens is 244 g/mol. The smallest absolute Gasteiger partial charge is 0.248 e. The van der Waals surface area contributed by atoms with Gasteiger partial charge in [0.2, 0.25) is 5.91 Å². The van der Waals surface area contributed by atoms with Crippen molar-refractivity contribution in [2.24, 2.45) is 0 Å². The number of carbonyl (C=O) groups is 1. The number of amides is 1. The number of hydrogen-bond donors (Lipinski definition) is 2. The van der Waals surface area contributed by atoms with Crippen molar-refractivity contribution in [3.05, 3.63) is 29.8 Å². The molecule has 104 valence electrons. The zero-order valence-electron chi connectivity index (χ0n) is 11.3. The highest BCUT2D eigenvalue weighted by molar-refractivity contribution is 5.77. The summed E-state index contributed by atoms with van der Waals surface area (Å²) in [6.45, 7) is 4.20. The molecule has 1 amide bonds. The fourth-order valence-electron chi connectivity index (χ4n) is 1.89. The van der Waals surface area contributed by atoms with Gasteiger partial charge in [0.05, 0.1) is 5.60 Å². The largest absolute Gasteiger partial charge is 0.508 e. The van der Waals surface area contributed by atoms with Gasteiger partial charge in [0.25, 0.3) is 0 Å². The molecule has 0 unspecified atom stereocenters. The van der Waals surface area contributed by atoms with Gasteiger partial charge in [0.15, 0.2) is 0 Å². The van der Waals surface area contributed by atoms with E-state index in [1.54, 1.807) is 36.2 Å². The van der Waals surface area contributed by atoms with Crippen molar-refractivity contribution in [2.75, 3.05) is 26.7 Å². The van der Waals surface area contributed by atoms with Crippen LogP contribution in [0.2, 0.25) is 0 Å². The molecule has 19 heavy (non-hydrogen) atoms. The van der Waals surface area contributed by atoms with E-state index in [0.717, 1.165) is 18.7 Å². The van der Waals surface area contributed by atoms with Crippen LogP contribution in [0, 0.1) is 0 Å². The number of benzene rings is 1. The number of rotatable bonds is 5. The molecule has 2 rings (SSSR count). The summed E-state index contributed by atoms with van der Waals surface area (Å²) in [6.07, 6.45) is 0. The molecule has 1 aliphatic heterocycles. The minimum atomic E-state index is -0.199. The first-order valence-corrected chi connectivity index (χ1v) is 6.35. The molecule has 1 aliphatic rings. The van der Waals surface area contributed by atoms with Crippen LogP contribution >= 0.6 is 0 Å². The Balaban J connectivity index is 1.80. The van der Waals surface area contributed by atoms with Gasteiger partial charge in [-0.25, -0.2) is 0 Å². The number of hydrogen-bond acceptors (Lipinski definition) is 4. The van der Waals surface area contributed by atoms with Crippen LogP contribution in [0.1, 0.15) is 12.5 Å².